The molecule has 7 heteroatoms. The molecule has 0 radical (unpaired) electrons. The summed E-state index contributed by atoms with van der Waals surface area (Å²) in [4.78, 5) is 13.8. The fourth-order valence-electron chi connectivity index (χ4n) is 3.08. The standard InChI is InChI=1S/C20H26FN3O3/c1-24(20(25)14-26-13-18-8-4-10-27-18)9-3-7-17-12-19(23-22-17)15-5-2-6-16(21)11-15/h2,5-6,11-12,18H,3-4,7-10,13-14H2,1H3,(H,22,23). The summed E-state index contributed by atoms with van der Waals surface area (Å²) < 4.78 is 24.2. The first-order valence-corrected chi connectivity index (χ1v) is 9.35. The second kappa shape index (κ2) is 9.62. The number of nitrogens with zero attached hydrogens (tertiary/aromatic N) is 2. The summed E-state index contributed by atoms with van der Waals surface area (Å²) in [5, 5.41) is 7.21. The molecule has 1 aromatic heterocycles. The highest BCUT2D eigenvalue weighted by Gasteiger charge is 2.17. The number of ether oxygens (including phenoxy) is 2. The van der Waals surface area contributed by atoms with Crippen LogP contribution in [0.1, 0.15) is 25.0 Å². The lowest BCUT2D eigenvalue weighted by molar-refractivity contribution is -0.136. The van der Waals surface area contributed by atoms with E-state index >= 15 is 0 Å². The Kier molecular flexibility index (Phi) is 6.95. The lowest BCUT2D eigenvalue weighted by atomic mass is 10.1. The van der Waals surface area contributed by atoms with Crippen LogP contribution in [0.2, 0.25) is 0 Å². The maximum absolute atomic E-state index is 13.3. The number of hydrogen-bond acceptors (Lipinski definition) is 4. The highest BCUT2D eigenvalue weighted by molar-refractivity contribution is 5.77. The first kappa shape index (κ1) is 19.5. The third-order valence-electron chi connectivity index (χ3n) is 4.67. The monoisotopic (exact) mass is 375 g/mol. The van der Waals surface area contributed by atoms with Gasteiger partial charge >= 0.3 is 0 Å². The lowest BCUT2D eigenvalue weighted by Gasteiger charge is -2.17. The average molecular weight is 375 g/mol. The molecule has 2 heterocycles. The molecule has 1 fully saturated rings. The molecule has 146 valence electrons. The molecule has 3 rings (SSSR count). The van der Waals surface area contributed by atoms with Gasteiger partial charge in [-0.1, -0.05) is 12.1 Å². The number of aryl methyl sites for hydroxylation is 1. The largest absolute Gasteiger partial charge is 0.376 e. The zero-order valence-electron chi connectivity index (χ0n) is 15.6. The van der Waals surface area contributed by atoms with Crippen LogP contribution >= 0.6 is 0 Å². The average Bonchev–Trinajstić information content (AvgIpc) is 3.33. The summed E-state index contributed by atoms with van der Waals surface area (Å²) in [5.74, 6) is -0.308. The van der Waals surface area contributed by atoms with E-state index in [1.54, 1.807) is 18.0 Å². The van der Waals surface area contributed by atoms with Crippen LogP contribution in [0, 0.1) is 5.82 Å². The molecule has 0 aliphatic carbocycles. The van der Waals surface area contributed by atoms with Crippen LogP contribution in [0.5, 0.6) is 0 Å². The fraction of sp³-hybridized carbons (Fsp3) is 0.500. The van der Waals surface area contributed by atoms with E-state index in [9.17, 15) is 9.18 Å². The number of aromatic nitrogens is 2. The molecule has 1 unspecified atom stereocenters. The quantitative estimate of drug-likeness (QED) is 0.732. The van der Waals surface area contributed by atoms with Crippen LogP contribution in [0.15, 0.2) is 30.3 Å². The van der Waals surface area contributed by atoms with E-state index in [0.29, 0.717) is 13.2 Å². The molecule has 1 atom stereocenters. The summed E-state index contributed by atoms with van der Waals surface area (Å²) in [6.07, 6.45) is 3.77. The minimum absolute atomic E-state index is 0.0296. The highest BCUT2D eigenvalue weighted by atomic mass is 19.1. The molecule has 0 spiro atoms. The number of H-pyrrole nitrogens is 1. The maximum Gasteiger partial charge on any atom is 0.248 e. The molecule has 0 saturated carbocycles. The molecule has 1 aliphatic heterocycles. The van der Waals surface area contributed by atoms with Gasteiger partial charge in [-0.05, 0) is 43.9 Å². The lowest BCUT2D eigenvalue weighted by Crippen LogP contribution is -2.32. The fourth-order valence-corrected chi connectivity index (χ4v) is 3.08. The van der Waals surface area contributed by atoms with E-state index in [1.165, 1.54) is 12.1 Å². The maximum atomic E-state index is 13.3. The van der Waals surface area contributed by atoms with Crippen LogP contribution in [0.3, 0.4) is 0 Å². The Balaban J connectivity index is 1.37. The first-order valence-electron chi connectivity index (χ1n) is 9.35. The Labute approximate surface area is 158 Å². The van der Waals surface area contributed by atoms with Crippen molar-refractivity contribution in [3.8, 4) is 11.3 Å². The first-order chi connectivity index (χ1) is 13.1. The second-order valence-corrected chi connectivity index (χ2v) is 6.86. The molecule has 1 aliphatic rings. The van der Waals surface area contributed by atoms with E-state index in [0.717, 1.165) is 49.2 Å². The molecule has 2 aromatic rings. The molecule has 1 saturated heterocycles. The number of amides is 1. The molecular formula is C20H26FN3O3. The highest BCUT2D eigenvalue weighted by Crippen LogP contribution is 2.19. The van der Waals surface area contributed by atoms with Gasteiger partial charge in [-0.15, -0.1) is 0 Å². The van der Waals surface area contributed by atoms with Crippen LogP contribution in [-0.2, 0) is 20.7 Å². The predicted octanol–water partition coefficient (Wildman–Crippen LogP) is 2.80. The summed E-state index contributed by atoms with van der Waals surface area (Å²) in [5.41, 5.74) is 2.43. The van der Waals surface area contributed by atoms with Crippen LogP contribution in [0.4, 0.5) is 4.39 Å². The molecule has 1 aromatic carbocycles. The molecule has 0 bridgehead atoms. The molecule has 27 heavy (non-hydrogen) atoms. The molecule has 1 N–H and O–H groups in total. The smallest absolute Gasteiger partial charge is 0.248 e. The number of rotatable bonds is 9. The van der Waals surface area contributed by atoms with Gasteiger partial charge < -0.3 is 14.4 Å². The van der Waals surface area contributed by atoms with Crippen molar-refractivity contribution in [2.45, 2.75) is 31.8 Å². The van der Waals surface area contributed by atoms with Gasteiger partial charge in [-0.25, -0.2) is 4.39 Å². The molecule has 6 nitrogen and oxygen atoms in total. The van der Waals surface area contributed by atoms with E-state index in [-0.39, 0.29) is 24.4 Å². The van der Waals surface area contributed by atoms with Gasteiger partial charge in [0.05, 0.1) is 18.4 Å². The Morgan fingerprint density at radius 2 is 2.33 bits per heavy atom. The minimum Gasteiger partial charge on any atom is -0.376 e. The van der Waals surface area contributed by atoms with Crippen molar-refractivity contribution in [1.29, 1.82) is 0 Å². The van der Waals surface area contributed by atoms with Gasteiger partial charge in [0, 0.05) is 31.5 Å². The van der Waals surface area contributed by atoms with E-state index in [2.05, 4.69) is 10.2 Å². The van der Waals surface area contributed by atoms with Crippen molar-refractivity contribution in [1.82, 2.24) is 15.1 Å². The number of aromatic amines is 1. The number of nitrogens with one attached hydrogen (secondary N) is 1. The van der Waals surface area contributed by atoms with Gasteiger partial charge in [0.15, 0.2) is 0 Å². The van der Waals surface area contributed by atoms with E-state index < -0.39 is 0 Å². The number of carbonyl (C=O) groups is 1. The Hall–Kier alpha value is -2.25. The van der Waals surface area contributed by atoms with Gasteiger partial charge in [0.2, 0.25) is 5.91 Å². The van der Waals surface area contributed by atoms with Crippen molar-refractivity contribution >= 4 is 5.91 Å². The van der Waals surface area contributed by atoms with E-state index in [1.807, 2.05) is 12.1 Å². The normalized spacial score (nSPS) is 16.6. The van der Waals surface area contributed by atoms with Crippen molar-refractivity contribution in [2.75, 3.05) is 33.4 Å². The number of carbonyl (C=O) groups excluding carboxylic acids is 1. The van der Waals surface area contributed by atoms with Gasteiger partial charge in [-0.3, -0.25) is 9.89 Å². The summed E-state index contributed by atoms with van der Waals surface area (Å²) >= 11 is 0. The predicted molar refractivity (Wildman–Crippen MR) is 99.7 cm³/mol. The molecule has 1 amide bonds. The summed E-state index contributed by atoms with van der Waals surface area (Å²) in [7, 11) is 1.78. The Morgan fingerprint density at radius 3 is 3.11 bits per heavy atom. The van der Waals surface area contributed by atoms with Crippen molar-refractivity contribution in [3.63, 3.8) is 0 Å². The number of benzene rings is 1. The topological polar surface area (TPSA) is 67.5 Å². The zero-order valence-corrected chi connectivity index (χ0v) is 15.6. The second-order valence-electron chi connectivity index (χ2n) is 6.86. The minimum atomic E-state index is -0.279. The van der Waals surface area contributed by atoms with Crippen molar-refractivity contribution in [3.05, 3.63) is 41.8 Å². The summed E-state index contributed by atoms with van der Waals surface area (Å²) in [6, 6.07) is 8.28. The third-order valence-corrected chi connectivity index (χ3v) is 4.67. The van der Waals surface area contributed by atoms with Crippen molar-refractivity contribution in [2.24, 2.45) is 0 Å². The SMILES string of the molecule is CN(CCCc1cc(-c2cccc(F)c2)n[nH]1)C(=O)COCC1CCCO1. The number of halogens is 1. The Morgan fingerprint density at radius 1 is 1.44 bits per heavy atom. The van der Waals surface area contributed by atoms with Crippen LogP contribution < -0.4 is 0 Å². The van der Waals surface area contributed by atoms with Gasteiger partial charge in [0.1, 0.15) is 12.4 Å². The van der Waals surface area contributed by atoms with Crippen molar-refractivity contribution < 1.29 is 18.7 Å². The van der Waals surface area contributed by atoms with E-state index in [4.69, 9.17) is 9.47 Å². The molecular weight excluding hydrogens is 349 g/mol. The number of likely N-dealkylation sites (N-methyl/N-ethyl adjacent to an activating group) is 1. The third kappa shape index (κ3) is 5.87. The zero-order chi connectivity index (χ0) is 19.1. The summed E-state index contributed by atoms with van der Waals surface area (Å²) in [6.45, 7) is 1.99. The van der Waals surface area contributed by atoms with Crippen LogP contribution in [0.25, 0.3) is 11.3 Å². The van der Waals surface area contributed by atoms with Gasteiger partial charge in [-0.2, -0.15) is 5.10 Å². The Bertz CT molecular complexity index is 744. The van der Waals surface area contributed by atoms with Gasteiger partial charge in [0.25, 0.3) is 0 Å². The van der Waals surface area contributed by atoms with Crippen LogP contribution in [-0.4, -0.2) is 60.5 Å². The number of hydrogen-bond donors (Lipinski definition) is 1.